The molecule has 1 aliphatic heterocycles. The molecular weight excluding hydrogens is 430 g/mol. The minimum Gasteiger partial charge on any atom is -0.351 e. The smallest absolute Gasteiger partial charge is 0.275 e. The van der Waals surface area contributed by atoms with Gasteiger partial charge < -0.3 is 9.88 Å². The molecular formula is C27H33N3O2S. The fraction of sp³-hybridized carbons (Fsp3) is 0.481. The van der Waals surface area contributed by atoms with E-state index in [1.165, 1.54) is 16.9 Å². The van der Waals surface area contributed by atoms with Crippen molar-refractivity contribution in [2.75, 3.05) is 4.90 Å². The van der Waals surface area contributed by atoms with Crippen molar-refractivity contribution < 1.29 is 9.59 Å². The molecule has 5 nitrogen and oxygen atoms in total. The van der Waals surface area contributed by atoms with Crippen LogP contribution in [-0.4, -0.2) is 28.0 Å². The number of rotatable bonds is 5. The highest BCUT2D eigenvalue weighted by Crippen LogP contribution is 2.38. The molecule has 0 radical (unpaired) electrons. The Bertz CT molecular complexity index is 1190. The number of benzene rings is 1. The van der Waals surface area contributed by atoms with Gasteiger partial charge in [-0.15, -0.1) is 11.3 Å². The van der Waals surface area contributed by atoms with E-state index in [1.807, 2.05) is 25.1 Å². The molecule has 0 unspecified atom stereocenters. The second-order valence-corrected chi connectivity index (χ2v) is 10.8. The van der Waals surface area contributed by atoms with Crippen LogP contribution in [0.4, 0.5) is 5.69 Å². The Morgan fingerprint density at radius 3 is 2.48 bits per heavy atom. The largest absolute Gasteiger partial charge is 0.351 e. The van der Waals surface area contributed by atoms with Crippen molar-refractivity contribution in [1.29, 1.82) is 0 Å². The van der Waals surface area contributed by atoms with E-state index in [9.17, 15) is 9.59 Å². The van der Waals surface area contributed by atoms with Gasteiger partial charge in [0, 0.05) is 16.6 Å². The minimum atomic E-state index is -1.00. The number of aromatic nitrogens is 1. The number of thiophene rings is 1. The summed E-state index contributed by atoms with van der Waals surface area (Å²) < 4.78 is 3.19. The van der Waals surface area contributed by atoms with Crippen LogP contribution in [0.2, 0.25) is 0 Å². The zero-order valence-electron chi connectivity index (χ0n) is 19.8. The maximum atomic E-state index is 13.9. The molecule has 1 aliphatic carbocycles. The van der Waals surface area contributed by atoms with Crippen molar-refractivity contribution >= 4 is 39.1 Å². The summed E-state index contributed by atoms with van der Waals surface area (Å²) in [5.74, 6) is -0.158. The van der Waals surface area contributed by atoms with Gasteiger partial charge in [0.15, 0.2) is 0 Å². The van der Waals surface area contributed by atoms with Gasteiger partial charge in [0.05, 0.1) is 16.8 Å². The van der Waals surface area contributed by atoms with Crippen LogP contribution in [0.3, 0.4) is 0 Å². The predicted octanol–water partition coefficient (Wildman–Crippen LogP) is 5.70. The fourth-order valence-corrected chi connectivity index (χ4v) is 6.42. The number of carbonyl (C=O) groups excluding carboxylic acids is 2. The van der Waals surface area contributed by atoms with Gasteiger partial charge in [-0.25, -0.2) is 0 Å². The summed E-state index contributed by atoms with van der Waals surface area (Å²) in [5.41, 5.74) is 2.73. The third-order valence-corrected chi connectivity index (χ3v) is 8.62. The van der Waals surface area contributed by atoms with Crippen LogP contribution in [0, 0.1) is 0 Å². The number of carbonyl (C=O) groups is 2. The Morgan fingerprint density at radius 2 is 1.82 bits per heavy atom. The molecule has 1 fully saturated rings. The lowest BCUT2D eigenvalue weighted by Gasteiger charge is -2.44. The van der Waals surface area contributed by atoms with Crippen molar-refractivity contribution in [3.8, 4) is 0 Å². The van der Waals surface area contributed by atoms with Gasteiger partial charge in [0.25, 0.3) is 5.91 Å². The highest BCUT2D eigenvalue weighted by molar-refractivity contribution is 7.19. The number of hydrogen-bond acceptors (Lipinski definition) is 3. The molecule has 1 aromatic carbocycles. The number of amides is 2. The number of nitrogens with zero attached hydrogens (tertiary/aromatic N) is 2. The van der Waals surface area contributed by atoms with Gasteiger partial charge in [-0.2, -0.15) is 0 Å². The molecule has 2 aromatic heterocycles. The number of hydrogen-bond donors (Lipinski definition) is 1. The first kappa shape index (κ1) is 22.2. The predicted molar refractivity (Wildman–Crippen MR) is 135 cm³/mol. The highest BCUT2D eigenvalue weighted by atomic mass is 32.1. The van der Waals surface area contributed by atoms with Crippen LogP contribution in [-0.2, 0) is 24.2 Å². The SMILES string of the molecule is CCc1ccc(N2C(=O)c3cc4sc(CC)cc4n3C[C@]2(C)C(=O)NC2CCCCC2)cc1. The Hall–Kier alpha value is -2.60. The summed E-state index contributed by atoms with van der Waals surface area (Å²) in [5, 5.41) is 3.32. The molecule has 6 heteroatoms. The average Bonchev–Trinajstić information content (AvgIpc) is 3.39. The molecule has 2 amide bonds. The second-order valence-electron chi connectivity index (χ2n) is 9.67. The summed E-state index contributed by atoms with van der Waals surface area (Å²) in [6.45, 7) is 6.65. The maximum Gasteiger partial charge on any atom is 0.275 e. The van der Waals surface area contributed by atoms with Gasteiger partial charge in [0.2, 0.25) is 5.91 Å². The van der Waals surface area contributed by atoms with Gasteiger partial charge in [-0.1, -0.05) is 45.2 Å². The van der Waals surface area contributed by atoms with Gasteiger partial charge >= 0.3 is 0 Å². The molecule has 1 N–H and O–H groups in total. The topological polar surface area (TPSA) is 54.3 Å². The Kier molecular flexibility index (Phi) is 5.81. The lowest BCUT2D eigenvalue weighted by atomic mass is 9.91. The third kappa shape index (κ3) is 3.78. The van der Waals surface area contributed by atoms with Crippen molar-refractivity contribution in [2.24, 2.45) is 0 Å². The second kappa shape index (κ2) is 8.64. The number of aryl methyl sites for hydroxylation is 2. The van der Waals surface area contributed by atoms with E-state index in [-0.39, 0.29) is 17.9 Å². The van der Waals surface area contributed by atoms with E-state index in [2.05, 4.69) is 41.9 Å². The van der Waals surface area contributed by atoms with Crippen molar-refractivity contribution in [1.82, 2.24) is 9.88 Å². The molecule has 174 valence electrons. The molecule has 33 heavy (non-hydrogen) atoms. The molecule has 1 saturated carbocycles. The Balaban J connectivity index is 1.59. The maximum absolute atomic E-state index is 13.9. The number of fused-ring (bicyclic) bond motifs is 3. The average molecular weight is 464 g/mol. The lowest BCUT2D eigenvalue weighted by molar-refractivity contribution is -0.127. The Labute approximate surface area is 199 Å². The molecule has 3 aromatic rings. The minimum absolute atomic E-state index is 0.0548. The molecule has 3 heterocycles. The lowest BCUT2D eigenvalue weighted by Crippen LogP contribution is -2.65. The summed E-state index contributed by atoms with van der Waals surface area (Å²) >= 11 is 1.74. The van der Waals surface area contributed by atoms with Crippen LogP contribution in [0.25, 0.3) is 10.2 Å². The normalized spacial score (nSPS) is 21.4. The zero-order valence-corrected chi connectivity index (χ0v) is 20.6. The molecule has 5 rings (SSSR count). The van der Waals surface area contributed by atoms with E-state index in [4.69, 9.17) is 0 Å². The summed E-state index contributed by atoms with van der Waals surface area (Å²) in [7, 11) is 0. The van der Waals surface area contributed by atoms with Gasteiger partial charge in [0.1, 0.15) is 11.2 Å². The van der Waals surface area contributed by atoms with E-state index in [0.29, 0.717) is 12.2 Å². The monoisotopic (exact) mass is 463 g/mol. The molecule has 0 spiro atoms. The summed E-state index contributed by atoms with van der Waals surface area (Å²) in [4.78, 5) is 30.8. The van der Waals surface area contributed by atoms with Crippen LogP contribution < -0.4 is 10.2 Å². The number of nitrogens with one attached hydrogen (secondary N) is 1. The first-order valence-electron chi connectivity index (χ1n) is 12.3. The van der Waals surface area contributed by atoms with E-state index in [1.54, 1.807) is 16.2 Å². The molecule has 0 saturated heterocycles. The van der Waals surface area contributed by atoms with Crippen LogP contribution >= 0.6 is 11.3 Å². The van der Waals surface area contributed by atoms with E-state index < -0.39 is 5.54 Å². The fourth-order valence-electron chi connectivity index (χ4n) is 5.38. The van der Waals surface area contributed by atoms with Crippen LogP contribution in [0.5, 0.6) is 0 Å². The summed E-state index contributed by atoms with van der Waals surface area (Å²) in [6, 6.07) is 12.5. The summed E-state index contributed by atoms with van der Waals surface area (Å²) in [6.07, 6.45) is 7.49. The van der Waals surface area contributed by atoms with Gasteiger partial charge in [-0.3, -0.25) is 14.5 Å². The number of anilines is 1. The highest BCUT2D eigenvalue weighted by Gasteiger charge is 2.49. The van der Waals surface area contributed by atoms with Gasteiger partial charge in [-0.05, 0) is 62.4 Å². The quantitative estimate of drug-likeness (QED) is 0.528. The first-order chi connectivity index (χ1) is 15.9. The van der Waals surface area contributed by atoms with E-state index >= 15 is 0 Å². The van der Waals surface area contributed by atoms with Crippen LogP contribution in [0.1, 0.15) is 73.8 Å². The van der Waals surface area contributed by atoms with Crippen LogP contribution in [0.15, 0.2) is 36.4 Å². The molecule has 2 aliphatic rings. The van der Waals surface area contributed by atoms with E-state index in [0.717, 1.165) is 54.4 Å². The molecule has 1 atom stereocenters. The Morgan fingerprint density at radius 1 is 1.09 bits per heavy atom. The van der Waals surface area contributed by atoms with Crippen molar-refractivity contribution in [3.05, 3.63) is 52.5 Å². The third-order valence-electron chi connectivity index (χ3n) is 7.40. The van der Waals surface area contributed by atoms with Crippen molar-refractivity contribution in [3.63, 3.8) is 0 Å². The molecule has 0 bridgehead atoms. The first-order valence-corrected chi connectivity index (χ1v) is 13.1. The standard InChI is InChI=1S/C27H33N3O2S/c1-4-18-11-13-20(14-12-18)30-25(31)23-16-24-22(15-21(5-2)33-24)29(23)17-27(30,3)26(32)28-19-9-7-6-8-10-19/h11-16,19H,4-10,17H2,1-3H3,(H,28,32)/t27-/m1/s1. The van der Waals surface area contributed by atoms with Crippen molar-refractivity contribution in [2.45, 2.75) is 83.8 Å². The zero-order chi connectivity index (χ0) is 23.2.